The lowest BCUT2D eigenvalue weighted by Crippen LogP contribution is -2.61. The van der Waals surface area contributed by atoms with Crippen molar-refractivity contribution < 1.29 is 83.1 Å². The van der Waals surface area contributed by atoms with Gasteiger partial charge in [-0.15, -0.1) is 0 Å². The molecule has 10 amide bonds. The van der Waals surface area contributed by atoms with Crippen LogP contribution < -0.4 is 48.3 Å². The van der Waals surface area contributed by atoms with Gasteiger partial charge in [0.25, 0.3) is 0 Å². The Labute approximate surface area is 504 Å². The van der Waals surface area contributed by atoms with Gasteiger partial charge in [0.05, 0.1) is 25.6 Å². The molecule has 30 nitrogen and oxygen atoms in total. The van der Waals surface area contributed by atoms with Crippen molar-refractivity contribution in [2.24, 2.45) is 5.73 Å². The average molecular weight is 1240 g/mol. The number of benzene rings is 2. The molecule has 2 saturated heterocycles. The smallest absolute Gasteiger partial charge is 0.328 e. The number of aliphatic hydroxyl groups excluding tert-OH is 2. The molecule has 2 fully saturated rings. The Morgan fingerprint density at radius 3 is 1.63 bits per heavy atom. The third kappa shape index (κ3) is 19.9. The maximum atomic E-state index is 14.6. The second-order valence-electron chi connectivity index (χ2n) is 20.5. The van der Waals surface area contributed by atoms with Gasteiger partial charge in [-0.1, -0.05) is 42.5 Å². The first kappa shape index (κ1) is 68.5. The van der Waals surface area contributed by atoms with E-state index >= 15 is 0 Å². The number of phenols is 1. The summed E-state index contributed by atoms with van der Waals surface area (Å²) < 4.78 is 0. The standard InChI is InChI=1S/C54H73N13O17S2/c1-28(69)44(54(83)84)65-47(76)35(19-29-7-3-2-4-8-29)59-49(78)38(25-85)64-50(79)39(26-86)63-45(74)33(15-16-43(72)73)58-48(77)37(24-68)62-52(81)41-10-6-18-67(41)53(82)36(21-31-23-56-27-57-31)61-46(75)34(20-30-11-13-32(70)14-12-30)60-51(80)40-9-5-17-66(40)42(71)22-55/h2-4,7-8,11-14,23,27-28,33-41,44,68-70,85-86H,5-6,9-10,15-22,24-26,55H2,1H3,(H,56,57)(H,58,77)(H,59,78)(H,60,80)(H,61,75)(H,62,81)(H,63,74)(H,64,79)(H,65,76)(H,72,73)(H,83,84). The van der Waals surface area contributed by atoms with E-state index < -0.39 is 163 Å². The van der Waals surface area contributed by atoms with Crippen molar-refractivity contribution in [2.45, 2.75) is 131 Å². The van der Waals surface area contributed by atoms with E-state index in [-0.39, 0.29) is 63.2 Å². The molecule has 0 bridgehead atoms. The number of likely N-dealkylation sites (tertiary alicyclic amines) is 2. The van der Waals surface area contributed by atoms with E-state index in [9.17, 15) is 83.1 Å². The van der Waals surface area contributed by atoms with Crippen molar-refractivity contribution in [3.63, 3.8) is 0 Å². The maximum absolute atomic E-state index is 14.6. The summed E-state index contributed by atoms with van der Waals surface area (Å²) in [5.41, 5.74) is 7.03. The summed E-state index contributed by atoms with van der Waals surface area (Å²) in [7, 11) is 0. The van der Waals surface area contributed by atoms with E-state index in [1.807, 2.05) is 0 Å². The third-order valence-corrected chi connectivity index (χ3v) is 14.9. The molecule has 5 rings (SSSR count). The number of phenolic OH excluding ortho intramolecular Hbond substituents is 1. The van der Waals surface area contributed by atoms with Crippen LogP contribution in [0.2, 0.25) is 0 Å². The van der Waals surface area contributed by atoms with Gasteiger partial charge in [-0.3, -0.25) is 52.7 Å². The number of hydrogen-bond acceptors (Lipinski definition) is 19. The Hall–Kier alpha value is -8.33. The first-order chi connectivity index (χ1) is 41.0. The highest BCUT2D eigenvalue weighted by Crippen LogP contribution is 2.22. The Morgan fingerprint density at radius 1 is 0.628 bits per heavy atom. The molecule has 0 aliphatic carbocycles. The first-order valence-electron chi connectivity index (χ1n) is 27.5. The van der Waals surface area contributed by atoms with Crippen molar-refractivity contribution in [3.8, 4) is 5.75 Å². The number of imidazole rings is 1. The van der Waals surface area contributed by atoms with Gasteiger partial charge in [0.1, 0.15) is 60.1 Å². The highest BCUT2D eigenvalue weighted by molar-refractivity contribution is 7.80. The zero-order valence-corrected chi connectivity index (χ0v) is 48.5. The van der Waals surface area contributed by atoms with Gasteiger partial charge in [-0.2, -0.15) is 25.3 Å². The number of aliphatic hydroxyl groups is 2. The lowest BCUT2D eigenvalue weighted by molar-refractivity contribution is -0.145. The minimum atomic E-state index is -1.82. The predicted octanol–water partition coefficient (Wildman–Crippen LogP) is -4.86. The topological polar surface area (TPSA) is 463 Å². The predicted molar refractivity (Wildman–Crippen MR) is 309 cm³/mol. The van der Waals surface area contributed by atoms with Gasteiger partial charge in [0.2, 0.25) is 59.1 Å². The van der Waals surface area contributed by atoms with E-state index in [1.165, 1.54) is 41.7 Å². The second-order valence-corrected chi connectivity index (χ2v) is 21.2. The van der Waals surface area contributed by atoms with Gasteiger partial charge in [0, 0.05) is 62.2 Å². The van der Waals surface area contributed by atoms with Gasteiger partial charge < -0.3 is 88.6 Å². The van der Waals surface area contributed by atoms with E-state index in [1.54, 1.807) is 30.3 Å². The lowest BCUT2D eigenvalue weighted by atomic mass is 10.0. The number of carbonyl (C=O) groups excluding carboxylic acids is 10. The molecular formula is C54H73N13O17S2. The van der Waals surface area contributed by atoms with E-state index in [4.69, 9.17) is 5.73 Å². The van der Waals surface area contributed by atoms with Crippen LogP contribution in [0.25, 0.3) is 0 Å². The number of carboxylic acid groups (broad SMARTS) is 2. The van der Waals surface area contributed by atoms with Crippen LogP contribution in [0.15, 0.2) is 67.1 Å². The molecule has 11 unspecified atom stereocenters. The number of aromatic nitrogens is 2. The largest absolute Gasteiger partial charge is 0.508 e. The summed E-state index contributed by atoms with van der Waals surface area (Å²) in [4.78, 5) is 171. The van der Waals surface area contributed by atoms with Crippen LogP contribution in [0.4, 0.5) is 0 Å². The summed E-state index contributed by atoms with van der Waals surface area (Å²) in [6, 6.07) is -0.777. The van der Waals surface area contributed by atoms with Crippen LogP contribution in [-0.4, -0.2) is 221 Å². The number of amides is 10. The number of nitrogens with one attached hydrogen (secondary N) is 9. The van der Waals surface area contributed by atoms with E-state index in [0.717, 1.165) is 11.8 Å². The molecule has 3 heterocycles. The lowest BCUT2D eigenvalue weighted by Gasteiger charge is -2.31. The van der Waals surface area contributed by atoms with Gasteiger partial charge >= 0.3 is 11.9 Å². The summed E-state index contributed by atoms with van der Waals surface area (Å²) >= 11 is 8.33. The normalized spacial score (nSPS) is 17.8. The van der Waals surface area contributed by atoms with Crippen molar-refractivity contribution in [3.05, 3.63) is 83.9 Å². The number of aliphatic carboxylic acids is 2. The molecule has 11 atom stereocenters. The molecule has 32 heteroatoms. The summed E-state index contributed by atoms with van der Waals surface area (Å²) in [6.45, 7) is -0.0423. The highest BCUT2D eigenvalue weighted by Gasteiger charge is 2.42. The number of H-pyrrole nitrogens is 1. The van der Waals surface area contributed by atoms with Crippen molar-refractivity contribution >= 4 is 96.3 Å². The number of carboxylic acids is 2. The Bertz CT molecular complexity index is 2870. The molecule has 0 radical (unpaired) electrons. The number of carbonyl (C=O) groups is 12. The molecule has 86 heavy (non-hydrogen) atoms. The second kappa shape index (κ2) is 33.4. The minimum absolute atomic E-state index is 0.0227. The number of nitrogens with two attached hydrogens (primary N) is 1. The summed E-state index contributed by atoms with van der Waals surface area (Å²) in [6.07, 6.45) is 0.497. The number of hydrogen-bond donors (Lipinski definition) is 17. The fourth-order valence-electron chi connectivity index (χ4n) is 9.57. The quantitative estimate of drug-likeness (QED) is 0.0261. The van der Waals surface area contributed by atoms with Gasteiger partial charge in [-0.05, 0) is 62.3 Å². The summed E-state index contributed by atoms with van der Waals surface area (Å²) in [5, 5.41) is 68.9. The monoisotopic (exact) mass is 1240 g/mol. The molecule has 468 valence electrons. The fourth-order valence-corrected chi connectivity index (χ4v) is 10.1. The number of nitrogens with zero attached hydrogens (tertiary/aromatic N) is 3. The zero-order valence-electron chi connectivity index (χ0n) is 46.8. The average Bonchev–Trinajstić information content (AvgIpc) is 2.95. The van der Waals surface area contributed by atoms with Crippen LogP contribution in [0.5, 0.6) is 5.75 Å². The minimum Gasteiger partial charge on any atom is -0.508 e. The molecule has 2 aliphatic rings. The van der Waals surface area contributed by atoms with Crippen LogP contribution in [0.3, 0.4) is 0 Å². The number of rotatable bonds is 32. The Morgan fingerprint density at radius 2 is 1.10 bits per heavy atom. The number of thiol groups is 2. The van der Waals surface area contributed by atoms with Crippen LogP contribution in [-0.2, 0) is 76.8 Å². The molecule has 16 N–H and O–H groups in total. The van der Waals surface area contributed by atoms with Crippen molar-refractivity contribution in [2.75, 3.05) is 37.7 Å². The Balaban J connectivity index is 1.27. The van der Waals surface area contributed by atoms with Crippen molar-refractivity contribution in [1.29, 1.82) is 0 Å². The third-order valence-electron chi connectivity index (χ3n) is 14.2. The molecule has 3 aromatic rings. The molecular weight excluding hydrogens is 1170 g/mol. The van der Waals surface area contributed by atoms with Gasteiger partial charge in [-0.25, -0.2) is 9.78 Å². The zero-order chi connectivity index (χ0) is 63.2. The van der Waals surface area contributed by atoms with Crippen LogP contribution in [0, 0.1) is 0 Å². The number of aromatic hydroxyl groups is 1. The van der Waals surface area contributed by atoms with Gasteiger partial charge in [0.15, 0.2) is 6.04 Å². The molecule has 1 aromatic heterocycles. The first-order valence-corrected chi connectivity index (χ1v) is 28.7. The molecule has 0 spiro atoms. The Kier molecular flexibility index (Phi) is 26.6. The maximum Gasteiger partial charge on any atom is 0.328 e. The highest BCUT2D eigenvalue weighted by atomic mass is 32.1. The van der Waals surface area contributed by atoms with Crippen LogP contribution >= 0.6 is 25.3 Å². The van der Waals surface area contributed by atoms with E-state index in [2.05, 4.69) is 77.8 Å². The van der Waals surface area contributed by atoms with E-state index in [0.29, 0.717) is 29.7 Å². The van der Waals surface area contributed by atoms with Crippen molar-refractivity contribution in [1.82, 2.24) is 62.3 Å². The number of aromatic amines is 1. The van der Waals surface area contributed by atoms with Crippen LogP contribution in [0.1, 0.15) is 62.3 Å². The summed E-state index contributed by atoms with van der Waals surface area (Å²) in [5.74, 6) is -12.8. The molecule has 0 saturated carbocycles. The fraction of sp³-hybridized carbons (Fsp3) is 0.500. The molecule has 2 aliphatic heterocycles. The molecule has 2 aromatic carbocycles. The SMILES string of the molecule is CC(O)C(NC(=O)C(Cc1ccccc1)NC(=O)C(CS)NC(=O)C(CS)NC(=O)C(CCC(=O)O)NC(=O)C(CO)NC(=O)C1CCCN1C(=O)C(Cc1cnc[nH]1)NC(=O)C(Cc1ccc(O)cc1)NC(=O)C1CCCN1C(=O)CN)C(=O)O.